The Morgan fingerprint density at radius 2 is 1.89 bits per heavy atom. The van der Waals surface area contributed by atoms with Gasteiger partial charge in [-0.05, 0) is 37.8 Å². The predicted octanol–water partition coefficient (Wildman–Crippen LogP) is 2.05. The van der Waals surface area contributed by atoms with Gasteiger partial charge in [0.2, 0.25) is 0 Å². The highest BCUT2D eigenvalue weighted by Gasteiger charge is 2.26. The van der Waals surface area contributed by atoms with E-state index in [0.29, 0.717) is 17.2 Å². The maximum atomic E-state index is 12.2. The molecule has 1 aliphatic rings. The Bertz CT molecular complexity index is 676. The SMILES string of the molecule is COc1ccccc1C(=O)NCC(=O)O[C@H](C)C(=O)N[C@H]1CCCC[C@@H]1C. The van der Waals surface area contributed by atoms with Crippen LogP contribution in [-0.2, 0) is 14.3 Å². The molecule has 0 spiro atoms. The van der Waals surface area contributed by atoms with Crippen molar-refractivity contribution in [3.8, 4) is 5.75 Å². The van der Waals surface area contributed by atoms with Crippen molar-refractivity contribution in [3.05, 3.63) is 29.8 Å². The molecule has 3 atom stereocenters. The van der Waals surface area contributed by atoms with Gasteiger partial charge in [-0.3, -0.25) is 14.4 Å². The highest BCUT2D eigenvalue weighted by atomic mass is 16.5. The van der Waals surface area contributed by atoms with Crippen molar-refractivity contribution in [2.45, 2.75) is 51.7 Å². The Hall–Kier alpha value is -2.57. The highest BCUT2D eigenvalue weighted by Crippen LogP contribution is 2.23. The molecule has 2 amide bonds. The monoisotopic (exact) mass is 376 g/mol. The Morgan fingerprint density at radius 1 is 1.19 bits per heavy atom. The fourth-order valence-corrected chi connectivity index (χ4v) is 3.20. The summed E-state index contributed by atoms with van der Waals surface area (Å²) in [5, 5.41) is 5.44. The molecular formula is C20H28N2O5. The molecule has 148 valence electrons. The summed E-state index contributed by atoms with van der Waals surface area (Å²) in [5.74, 6) is -0.586. The maximum Gasteiger partial charge on any atom is 0.326 e. The average molecular weight is 376 g/mol. The predicted molar refractivity (Wildman–Crippen MR) is 100 cm³/mol. The van der Waals surface area contributed by atoms with Gasteiger partial charge < -0.3 is 20.1 Å². The molecule has 27 heavy (non-hydrogen) atoms. The van der Waals surface area contributed by atoms with Gasteiger partial charge in [0.25, 0.3) is 11.8 Å². The van der Waals surface area contributed by atoms with Crippen molar-refractivity contribution in [2.24, 2.45) is 5.92 Å². The van der Waals surface area contributed by atoms with Crippen LogP contribution in [0.2, 0.25) is 0 Å². The van der Waals surface area contributed by atoms with Crippen molar-refractivity contribution in [2.75, 3.05) is 13.7 Å². The zero-order valence-corrected chi connectivity index (χ0v) is 16.1. The molecule has 1 aromatic rings. The first-order valence-corrected chi connectivity index (χ1v) is 9.33. The normalized spacial score (nSPS) is 20.3. The molecule has 0 aliphatic heterocycles. The molecule has 1 fully saturated rings. The van der Waals surface area contributed by atoms with E-state index in [0.717, 1.165) is 19.3 Å². The number of hydrogen-bond donors (Lipinski definition) is 2. The quantitative estimate of drug-likeness (QED) is 0.711. The van der Waals surface area contributed by atoms with Gasteiger partial charge in [0.1, 0.15) is 12.3 Å². The van der Waals surface area contributed by atoms with Crippen molar-refractivity contribution in [3.63, 3.8) is 0 Å². The number of esters is 1. The smallest absolute Gasteiger partial charge is 0.326 e. The van der Waals surface area contributed by atoms with Crippen LogP contribution in [0.1, 0.15) is 49.9 Å². The number of hydrogen-bond acceptors (Lipinski definition) is 5. The summed E-state index contributed by atoms with van der Waals surface area (Å²) < 4.78 is 10.3. The summed E-state index contributed by atoms with van der Waals surface area (Å²) in [4.78, 5) is 36.4. The van der Waals surface area contributed by atoms with Crippen molar-refractivity contribution in [1.29, 1.82) is 0 Å². The summed E-state index contributed by atoms with van der Waals surface area (Å²) in [5.41, 5.74) is 0.324. The standard InChI is InChI=1S/C20H28N2O5/c1-13-8-4-6-10-16(13)22-19(24)14(2)27-18(23)12-21-20(25)15-9-5-7-11-17(15)26-3/h5,7,9,11,13-14,16H,4,6,8,10,12H2,1-3H3,(H,21,25)(H,22,24)/t13-,14+,16-/m0/s1. The summed E-state index contributed by atoms with van der Waals surface area (Å²) in [6.07, 6.45) is 3.41. The molecule has 7 nitrogen and oxygen atoms in total. The van der Waals surface area contributed by atoms with Gasteiger partial charge in [0.05, 0.1) is 12.7 Å². The van der Waals surface area contributed by atoms with Gasteiger partial charge in [-0.2, -0.15) is 0 Å². The molecule has 0 radical (unpaired) electrons. The lowest BCUT2D eigenvalue weighted by Crippen LogP contribution is -2.46. The summed E-state index contributed by atoms with van der Waals surface area (Å²) in [6, 6.07) is 6.83. The van der Waals surface area contributed by atoms with Crippen LogP contribution >= 0.6 is 0 Å². The molecule has 0 aromatic heterocycles. The number of amides is 2. The van der Waals surface area contributed by atoms with E-state index in [-0.39, 0.29) is 18.5 Å². The molecule has 0 bridgehead atoms. The number of carbonyl (C=O) groups excluding carboxylic acids is 3. The van der Waals surface area contributed by atoms with Gasteiger partial charge in [0.15, 0.2) is 6.10 Å². The molecule has 1 aliphatic carbocycles. The van der Waals surface area contributed by atoms with E-state index in [2.05, 4.69) is 17.6 Å². The number of carbonyl (C=O) groups is 3. The van der Waals surface area contributed by atoms with Crippen LogP contribution in [0.4, 0.5) is 0 Å². The molecule has 2 N–H and O–H groups in total. The van der Waals surface area contributed by atoms with E-state index in [1.54, 1.807) is 24.3 Å². The Morgan fingerprint density at radius 3 is 2.59 bits per heavy atom. The molecule has 0 heterocycles. The van der Waals surface area contributed by atoms with Crippen LogP contribution in [-0.4, -0.2) is 43.6 Å². The average Bonchev–Trinajstić information content (AvgIpc) is 2.67. The second-order valence-electron chi connectivity index (χ2n) is 6.89. The number of benzene rings is 1. The first-order valence-electron chi connectivity index (χ1n) is 9.33. The first kappa shape index (κ1) is 20.7. The number of nitrogens with one attached hydrogen (secondary N) is 2. The molecular weight excluding hydrogens is 348 g/mol. The number of ether oxygens (including phenoxy) is 2. The Labute approximate surface area is 159 Å². The largest absolute Gasteiger partial charge is 0.496 e. The van der Waals surface area contributed by atoms with Gasteiger partial charge in [-0.1, -0.05) is 31.9 Å². The third-order valence-electron chi connectivity index (χ3n) is 4.86. The fraction of sp³-hybridized carbons (Fsp3) is 0.550. The summed E-state index contributed by atoms with van der Waals surface area (Å²) in [6.45, 7) is 3.32. The molecule has 0 unspecified atom stereocenters. The van der Waals surface area contributed by atoms with Crippen molar-refractivity contribution < 1.29 is 23.9 Å². The summed E-state index contributed by atoms with van der Waals surface area (Å²) >= 11 is 0. The first-order chi connectivity index (χ1) is 12.9. The third kappa shape index (κ3) is 5.98. The van der Waals surface area contributed by atoms with Gasteiger partial charge >= 0.3 is 5.97 Å². The lowest BCUT2D eigenvalue weighted by atomic mass is 9.86. The van der Waals surface area contributed by atoms with Gasteiger partial charge in [0, 0.05) is 6.04 Å². The molecule has 2 rings (SSSR count). The van der Waals surface area contributed by atoms with Crippen molar-refractivity contribution >= 4 is 17.8 Å². The van der Waals surface area contributed by atoms with E-state index < -0.39 is 18.0 Å². The van der Waals surface area contributed by atoms with E-state index >= 15 is 0 Å². The molecule has 0 saturated heterocycles. The molecule has 1 saturated carbocycles. The lowest BCUT2D eigenvalue weighted by Gasteiger charge is -2.30. The van der Waals surface area contributed by atoms with E-state index in [1.165, 1.54) is 20.5 Å². The van der Waals surface area contributed by atoms with Crippen LogP contribution in [0.3, 0.4) is 0 Å². The van der Waals surface area contributed by atoms with Crippen LogP contribution < -0.4 is 15.4 Å². The third-order valence-corrected chi connectivity index (χ3v) is 4.86. The zero-order chi connectivity index (χ0) is 19.8. The fourth-order valence-electron chi connectivity index (χ4n) is 3.20. The maximum absolute atomic E-state index is 12.2. The lowest BCUT2D eigenvalue weighted by molar-refractivity contribution is -0.154. The number of methoxy groups -OCH3 is 1. The second-order valence-corrected chi connectivity index (χ2v) is 6.89. The Kier molecular flexibility index (Phi) is 7.64. The van der Waals surface area contributed by atoms with E-state index in [9.17, 15) is 14.4 Å². The van der Waals surface area contributed by atoms with Crippen LogP contribution in [0, 0.1) is 5.92 Å². The second kappa shape index (κ2) is 9.94. The van der Waals surface area contributed by atoms with Crippen molar-refractivity contribution in [1.82, 2.24) is 10.6 Å². The van der Waals surface area contributed by atoms with Crippen LogP contribution in [0.25, 0.3) is 0 Å². The van der Waals surface area contributed by atoms with Crippen LogP contribution in [0.5, 0.6) is 5.75 Å². The topological polar surface area (TPSA) is 93.7 Å². The molecule has 7 heteroatoms. The summed E-state index contributed by atoms with van der Waals surface area (Å²) in [7, 11) is 1.47. The highest BCUT2D eigenvalue weighted by molar-refractivity contribution is 5.98. The number of para-hydroxylation sites is 1. The Balaban J connectivity index is 1.79. The minimum atomic E-state index is -0.908. The van der Waals surface area contributed by atoms with E-state index in [4.69, 9.17) is 9.47 Å². The molecule has 1 aromatic carbocycles. The minimum Gasteiger partial charge on any atom is -0.496 e. The minimum absolute atomic E-state index is 0.123. The van der Waals surface area contributed by atoms with Gasteiger partial charge in [-0.15, -0.1) is 0 Å². The van der Waals surface area contributed by atoms with E-state index in [1.807, 2.05) is 0 Å². The zero-order valence-electron chi connectivity index (χ0n) is 16.1. The van der Waals surface area contributed by atoms with Gasteiger partial charge in [-0.25, -0.2) is 0 Å². The van der Waals surface area contributed by atoms with Crippen LogP contribution in [0.15, 0.2) is 24.3 Å². The number of rotatable bonds is 7.